The van der Waals surface area contributed by atoms with Gasteiger partial charge < -0.3 is 9.84 Å². The molecule has 1 N–H and O–H groups in total. The van der Waals surface area contributed by atoms with Crippen LogP contribution in [0.2, 0.25) is 0 Å². The fourth-order valence-corrected chi connectivity index (χ4v) is 4.12. The number of nitriles is 1. The molecule has 0 spiro atoms. The molecule has 138 valence electrons. The smallest absolute Gasteiger partial charge is 0.313 e. The zero-order chi connectivity index (χ0) is 19.0. The van der Waals surface area contributed by atoms with Gasteiger partial charge in [-0.3, -0.25) is 4.79 Å². The first-order chi connectivity index (χ1) is 12.0. The Kier molecular flexibility index (Phi) is 9.02. The van der Waals surface area contributed by atoms with E-state index in [0.29, 0.717) is 23.3 Å². The van der Waals surface area contributed by atoms with Crippen LogP contribution in [-0.2, 0) is 16.0 Å². The highest BCUT2D eigenvalue weighted by Crippen LogP contribution is 2.43. The molecule has 0 amide bonds. The number of hydrogen-bond donors (Lipinski definition) is 2. The van der Waals surface area contributed by atoms with Gasteiger partial charge in [0.15, 0.2) is 0 Å². The molecule has 4 atom stereocenters. The molecule has 1 aromatic rings. The molecule has 25 heavy (non-hydrogen) atoms. The van der Waals surface area contributed by atoms with Crippen molar-refractivity contribution in [2.24, 2.45) is 11.8 Å². The second-order valence-electron chi connectivity index (χ2n) is 6.64. The minimum atomic E-state index is -0.240. The van der Waals surface area contributed by atoms with Crippen molar-refractivity contribution in [3.05, 3.63) is 34.9 Å². The Hall–Kier alpha value is -1.51. The number of fused-ring (bicyclic) bond motifs is 1. The predicted octanol–water partition coefficient (Wildman–Crippen LogP) is 3.72. The number of benzene rings is 1. The van der Waals surface area contributed by atoms with E-state index in [-0.39, 0.29) is 17.8 Å². The van der Waals surface area contributed by atoms with Gasteiger partial charge in [0.2, 0.25) is 0 Å². The maximum absolute atomic E-state index is 12.5. The number of rotatable bonds is 6. The monoisotopic (exact) mass is 363 g/mol. The van der Waals surface area contributed by atoms with Crippen LogP contribution in [0, 0.1) is 23.2 Å². The molecule has 0 bridgehead atoms. The van der Waals surface area contributed by atoms with E-state index in [1.807, 2.05) is 25.1 Å². The van der Waals surface area contributed by atoms with Gasteiger partial charge in [0.05, 0.1) is 24.2 Å². The summed E-state index contributed by atoms with van der Waals surface area (Å²) >= 11 is 4.48. The average Bonchev–Trinajstić information content (AvgIpc) is 2.92. The van der Waals surface area contributed by atoms with Gasteiger partial charge in [0, 0.05) is 7.11 Å². The van der Waals surface area contributed by atoms with Crippen LogP contribution in [0.15, 0.2) is 18.2 Å². The summed E-state index contributed by atoms with van der Waals surface area (Å²) in [7, 11) is 1.00. The second kappa shape index (κ2) is 10.5. The number of thiol groups is 1. The normalized spacial score (nSPS) is 20.5. The predicted molar refractivity (Wildman–Crippen MR) is 103 cm³/mol. The summed E-state index contributed by atoms with van der Waals surface area (Å²) in [6, 6.07) is 7.86. The fourth-order valence-electron chi connectivity index (χ4n) is 3.76. The third-order valence-electron chi connectivity index (χ3n) is 4.55. The van der Waals surface area contributed by atoms with E-state index in [1.165, 1.54) is 5.56 Å². The summed E-state index contributed by atoms with van der Waals surface area (Å²) < 4.78 is 5.31. The van der Waals surface area contributed by atoms with Crippen molar-refractivity contribution in [3.8, 4) is 6.07 Å². The van der Waals surface area contributed by atoms with Crippen LogP contribution in [0.4, 0.5) is 0 Å². The number of ether oxygens (including phenoxy) is 1. The SMILES string of the molecule is CCOC(=O)C1c2cc(C#N)ccc2CC1CC(C)CC(C)S.CO. The number of carbonyl (C=O) groups is 1. The fraction of sp³-hybridized carbons (Fsp3) is 0.600. The molecule has 0 aromatic heterocycles. The lowest BCUT2D eigenvalue weighted by Crippen LogP contribution is -2.23. The van der Waals surface area contributed by atoms with E-state index in [1.54, 1.807) is 0 Å². The molecule has 1 aromatic carbocycles. The zero-order valence-corrected chi connectivity index (χ0v) is 16.4. The molecule has 0 fully saturated rings. The summed E-state index contributed by atoms with van der Waals surface area (Å²) in [6.07, 6.45) is 2.90. The molecular weight excluding hydrogens is 334 g/mol. The summed E-state index contributed by atoms with van der Waals surface area (Å²) in [4.78, 5) is 12.5. The first kappa shape index (κ1) is 21.5. The van der Waals surface area contributed by atoms with Crippen molar-refractivity contribution >= 4 is 18.6 Å². The van der Waals surface area contributed by atoms with E-state index in [4.69, 9.17) is 15.1 Å². The summed E-state index contributed by atoms with van der Waals surface area (Å²) in [5.74, 6) is 0.364. The van der Waals surface area contributed by atoms with Crippen LogP contribution < -0.4 is 0 Å². The van der Waals surface area contributed by atoms with Crippen LogP contribution in [0.1, 0.15) is 56.2 Å². The maximum atomic E-state index is 12.5. The Morgan fingerprint density at radius 1 is 1.44 bits per heavy atom. The molecule has 1 aliphatic carbocycles. The van der Waals surface area contributed by atoms with Crippen molar-refractivity contribution in [2.75, 3.05) is 13.7 Å². The van der Waals surface area contributed by atoms with Gasteiger partial charge in [0.1, 0.15) is 0 Å². The molecule has 0 saturated heterocycles. The third kappa shape index (κ3) is 5.76. The van der Waals surface area contributed by atoms with Crippen LogP contribution in [0.5, 0.6) is 0 Å². The van der Waals surface area contributed by atoms with Crippen molar-refractivity contribution in [1.82, 2.24) is 0 Å². The number of esters is 1. The number of hydrogen-bond acceptors (Lipinski definition) is 5. The van der Waals surface area contributed by atoms with E-state index >= 15 is 0 Å². The van der Waals surface area contributed by atoms with Crippen LogP contribution in [0.25, 0.3) is 0 Å². The largest absolute Gasteiger partial charge is 0.466 e. The van der Waals surface area contributed by atoms with Crippen LogP contribution in [0.3, 0.4) is 0 Å². The molecule has 2 rings (SSSR count). The molecular formula is C20H29NO3S. The molecule has 5 heteroatoms. The lowest BCUT2D eigenvalue weighted by atomic mass is 9.84. The second-order valence-corrected chi connectivity index (χ2v) is 7.53. The van der Waals surface area contributed by atoms with Crippen molar-refractivity contribution in [2.45, 2.75) is 51.2 Å². The van der Waals surface area contributed by atoms with Gasteiger partial charge in [-0.15, -0.1) is 0 Å². The molecule has 4 unspecified atom stereocenters. The van der Waals surface area contributed by atoms with Gasteiger partial charge in [-0.05, 0) is 66.5 Å². The number of carbonyl (C=O) groups excluding carboxylic acids is 1. The third-order valence-corrected chi connectivity index (χ3v) is 4.76. The van der Waals surface area contributed by atoms with E-state index in [2.05, 4.69) is 32.5 Å². The number of aliphatic hydroxyl groups excluding tert-OH is 1. The zero-order valence-electron chi connectivity index (χ0n) is 15.5. The highest BCUT2D eigenvalue weighted by Gasteiger charge is 2.39. The molecule has 0 aliphatic heterocycles. The standard InChI is InChI=1S/C19H25NO2S.CH4O/c1-4-22-19(21)18-16(8-12(2)7-13(3)23)10-15-6-5-14(11-20)9-17(15)18;1-2/h5-6,9,12-13,16,18,23H,4,7-8,10H2,1-3H3;2H,1H3. The first-order valence-corrected chi connectivity index (χ1v) is 9.30. The quantitative estimate of drug-likeness (QED) is 0.597. The molecule has 0 radical (unpaired) electrons. The Balaban J connectivity index is 0.00000151. The van der Waals surface area contributed by atoms with Gasteiger partial charge in [-0.25, -0.2) is 0 Å². The number of aliphatic hydroxyl groups is 1. The summed E-state index contributed by atoms with van der Waals surface area (Å²) in [5, 5.41) is 16.5. The van der Waals surface area contributed by atoms with E-state index < -0.39 is 0 Å². The topological polar surface area (TPSA) is 70.3 Å². The van der Waals surface area contributed by atoms with Crippen LogP contribution in [-0.4, -0.2) is 30.0 Å². The molecule has 0 heterocycles. The van der Waals surface area contributed by atoms with E-state index in [9.17, 15) is 4.79 Å². The molecule has 4 nitrogen and oxygen atoms in total. The minimum Gasteiger partial charge on any atom is -0.466 e. The Morgan fingerprint density at radius 3 is 2.68 bits per heavy atom. The van der Waals surface area contributed by atoms with E-state index in [0.717, 1.165) is 31.9 Å². The lowest BCUT2D eigenvalue weighted by Gasteiger charge is -2.23. The lowest BCUT2D eigenvalue weighted by molar-refractivity contribution is -0.146. The Bertz CT molecular complexity index is 609. The first-order valence-electron chi connectivity index (χ1n) is 8.78. The maximum Gasteiger partial charge on any atom is 0.313 e. The van der Waals surface area contributed by atoms with Gasteiger partial charge in [-0.1, -0.05) is 19.9 Å². The Labute approximate surface area is 156 Å². The highest BCUT2D eigenvalue weighted by molar-refractivity contribution is 7.80. The highest BCUT2D eigenvalue weighted by atomic mass is 32.1. The van der Waals surface area contributed by atoms with Crippen LogP contribution >= 0.6 is 12.6 Å². The average molecular weight is 364 g/mol. The summed E-state index contributed by atoms with van der Waals surface area (Å²) in [5.41, 5.74) is 2.77. The minimum absolute atomic E-state index is 0.155. The Morgan fingerprint density at radius 2 is 2.12 bits per heavy atom. The van der Waals surface area contributed by atoms with Gasteiger partial charge in [0.25, 0.3) is 0 Å². The van der Waals surface area contributed by atoms with Gasteiger partial charge >= 0.3 is 5.97 Å². The van der Waals surface area contributed by atoms with Gasteiger partial charge in [-0.2, -0.15) is 17.9 Å². The molecule has 0 saturated carbocycles. The summed E-state index contributed by atoms with van der Waals surface area (Å²) in [6.45, 7) is 6.54. The number of nitrogens with zero attached hydrogens (tertiary/aromatic N) is 1. The van der Waals surface area contributed by atoms with Crippen molar-refractivity contribution in [1.29, 1.82) is 5.26 Å². The van der Waals surface area contributed by atoms with Crippen molar-refractivity contribution < 1.29 is 14.6 Å². The van der Waals surface area contributed by atoms with Crippen molar-refractivity contribution in [3.63, 3.8) is 0 Å². The molecule has 1 aliphatic rings.